The Balaban J connectivity index is 1.08. The van der Waals surface area contributed by atoms with Crippen LogP contribution in [0.15, 0.2) is 174 Å². The smallest absolute Gasteiger partial charge is 0.164 e. The largest absolute Gasteiger partial charge is 0.208 e. The zero-order valence-corrected chi connectivity index (χ0v) is 29.1. The molecule has 0 spiro atoms. The summed E-state index contributed by atoms with van der Waals surface area (Å²) in [6, 6.07) is 60.2. The Morgan fingerprint density at radius 1 is 0.333 bits per heavy atom. The number of aromatic nitrogens is 3. The summed E-state index contributed by atoms with van der Waals surface area (Å²) in [5, 5.41) is 0. The number of rotatable bonds is 5. The van der Waals surface area contributed by atoms with E-state index in [4.69, 9.17) is 15.0 Å². The molecule has 3 aliphatic rings. The fraction of sp³-hybridized carbons (Fsp3) is 0.0426. The molecule has 0 saturated heterocycles. The van der Waals surface area contributed by atoms with Crippen molar-refractivity contribution in [3.8, 4) is 56.4 Å². The summed E-state index contributed by atoms with van der Waals surface area (Å²) in [6.07, 6.45) is 0. The number of halogens is 1. The van der Waals surface area contributed by atoms with E-state index in [1.807, 2.05) is 36.4 Å². The van der Waals surface area contributed by atoms with Gasteiger partial charge in [0.05, 0.1) is 0 Å². The third kappa shape index (κ3) is 4.98. The van der Waals surface area contributed by atoms with E-state index in [0.717, 1.165) is 27.8 Å². The Kier molecular flexibility index (Phi) is 7.10. The zero-order chi connectivity index (χ0) is 33.9. The molecule has 0 fully saturated rings. The Labute approximate surface area is 305 Å². The Morgan fingerprint density at radius 2 is 0.765 bits per heavy atom. The highest BCUT2D eigenvalue weighted by Gasteiger charge is 2.43. The molecule has 0 radical (unpaired) electrons. The lowest BCUT2D eigenvalue weighted by Gasteiger charge is -2.43. The van der Waals surface area contributed by atoms with Crippen LogP contribution in [0.1, 0.15) is 45.2 Å². The standard InChI is InChI=1S/C47H30BrN3/c48-40-27-26-35(43-41-36-18-7-9-20-38(36)42(44(40)43)39-21-10-8-19-37(39)41)30-22-24-32(25-23-30)46-49-45(31-14-5-2-6-15-31)50-47(51-46)34-17-11-16-33(28-34)29-12-3-1-4-13-29/h1-28,41-42H. The Bertz CT molecular complexity index is 2550. The average molecular weight is 717 g/mol. The molecule has 0 N–H and O–H groups in total. The van der Waals surface area contributed by atoms with Gasteiger partial charge in [-0.3, -0.25) is 0 Å². The monoisotopic (exact) mass is 715 g/mol. The number of hydrogen-bond donors (Lipinski definition) is 0. The van der Waals surface area contributed by atoms with Crippen molar-refractivity contribution < 1.29 is 0 Å². The molecule has 240 valence electrons. The number of benzene rings is 7. The number of nitrogens with zero attached hydrogens (tertiary/aromatic N) is 3. The first kappa shape index (κ1) is 29.9. The fourth-order valence-electron chi connectivity index (χ4n) is 8.11. The summed E-state index contributed by atoms with van der Waals surface area (Å²) in [7, 11) is 0. The molecular formula is C47H30BrN3. The summed E-state index contributed by atoms with van der Waals surface area (Å²) in [4.78, 5) is 15.1. The first-order valence-corrected chi connectivity index (χ1v) is 18.1. The van der Waals surface area contributed by atoms with E-state index in [-0.39, 0.29) is 11.8 Å². The topological polar surface area (TPSA) is 38.7 Å². The lowest BCUT2D eigenvalue weighted by atomic mass is 9.60. The van der Waals surface area contributed by atoms with Crippen LogP contribution in [-0.2, 0) is 0 Å². The van der Waals surface area contributed by atoms with Gasteiger partial charge in [-0.25, -0.2) is 15.0 Å². The van der Waals surface area contributed by atoms with Gasteiger partial charge < -0.3 is 0 Å². The van der Waals surface area contributed by atoms with Crippen molar-refractivity contribution >= 4 is 15.9 Å². The van der Waals surface area contributed by atoms with Gasteiger partial charge in [-0.05, 0) is 67.8 Å². The molecule has 4 heteroatoms. The highest BCUT2D eigenvalue weighted by molar-refractivity contribution is 9.10. The molecule has 3 aliphatic carbocycles. The van der Waals surface area contributed by atoms with Crippen molar-refractivity contribution in [1.82, 2.24) is 15.0 Å². The van der Waals surface area contributed by atoms with E-state index in [1.165, 1.54) is 49.0 Å². The molecule has 11 rings (SSSR count). The molecule has 51 heavy (non-hydrogen) atoms. The number of hydrogen-bond acceptors (Lipinski definition) is 3. The van der Waals surface area contributed by atoms with Gasteiger partial charge in [-0.1, -0.05) is 174 Å². The minimum Gasteiger partial charge on any atom is -0.208 e. The van der Waals surface area contributed by atoms with Crippen LogP contribution in [0.2, 0.25) is 0 Å². The van der Waals surface area contributed by atoms with Crippen LogP contribution < -0.4 is 0 Å². The Morgan fingerprint density at radius 3 is 1.35 bits per heavy atom. The molecule has 3 nitrogen and oxygen atoms in total. The zero-order valence-electron chi connectivity index (χ0n) is 27.5. The summed E-state index contributed by atoms with van der Waals surface area (Å²) >= 11 is 3.98. The molecule has 7 aromatic carbocycles. The molecule has 1 aromatic heterocycles. The third-order valence-corrected chi connectivity index (χ3v) is 11.1. The van der Waals surface area contributed by atoms with Crippen LogP contribution in [0.25, 0.3) is 56.4 Å². The molecule has 0 saturated carbocycles. The van der Waals surface area contributed by atoms with Gasteiger partial charge in [0.2, 0.25) is 0 Å². The van der Waals surface area contributed by atoms with E-state index < -0.39 is 0 Å². The van der Waals surface area contributed by atoms with Crippen molar-refractivity contribution in [3.05, 3.63) is 208 Å². The molecule has 1 heterocycles. The summed E-state index contributed by atoms with van der Waals surface area (Å²) in [5.41, 5.74) is 16.0. The third-order valence-electron chi connectivity index (χ3n) is 10.4. The van der Waals surface area contributed by atoms with E-state index >= 15 is 0 Å². The molecule has 0 amide bonds. The predicted molar refractivity (Wildman–Crippen MR) is 209 cm³/mol. The molecular weight excluding hydrogens is 686 g/mol. The van der Waals surface area contributed by atoms with Crippen LogP contribution in [0.3, 0.4) is 0 Å². The lowest BCUT2D eigenvalue weighted by molar-refractivity contribution is 0.752. The second-order valence-electron chi connectivity index (χ2n) is 13.2. The van der Waals surface area contributed by atoms with Gasteiger partial charge in [-0.2, -0.15) is 0 Å². The fourth-order valence-corrected chi connectivity index (χ4v) is 8.69. The lowest BCUT2D eigenvalue weighted by Crippen LogP contribution is -2.28. The van der Waals surface area contributed by atoms with E-state index in [9.17, 15) is 0 Å². The maximum absolute atomic E-state index is 5.07. The van der Waals surface area contributed by atoms with Gasteiger partial charge in [0.25, 0.3) is 0 Å². The van der Waals surface area contributed by atoms with Gasteiger partial charge in [-0.15, -0.1) is 0 Å². The molecule has 2 bridgehead atoms. The van der Waals surface area contributed by atoms with E-state index in [2.05, 4.69) is 149 Å². The molecule has 0 unspecified atom stereocenters. The van der Waals surface area contributed by atoms with Crippen molar-refractivity contribution in [3.63, 3.8) is 0 Å². The van der Waals surface area contributed by atoms with Crippen LogP contribution in [0, 0.1) is 0 Å². The minimum atomic E-state index is 0.177. The Hall–Kier alpha value is -5.97. The highest BCUT2D eigenvalue weighted by atomic mass is 79.9. The SMILES string of the molecule is Brc1ccc(-c2ccc(-c3nc(-c4ccccc4)nc(-c4cccc(-c5ccccc5)c4)n3)cc2)c2c1C1c3ccccc3C2c2ccccc21. The van der Waals surface area contributed by atoms with Crippen LogP contribution in [-0.4, -0.2) is 15.0 Å². The summed E-state index contributed by atoms with van der Waals surface area (Å²) < 4.78 is 1.17. The second kappa shape index (κ2) is 12.1. The quantitative estimate of drug-likeness (QED) is 0.178. The van der Waals surface area contributed by atoms with Crippen molar-refractivity contribution in [2.75, 3.05) is 0 Å². The molecule has 8 aromatic rings. The van der Waals surface area contributed by atoms with Gasteiger partial charge in [0.1, 0.15) is 0 Å². The highest BCUT2D eigenvalue weighted by Crippen LogP contribution is 2.59. The summed E-state index contributed by atoms with van der Waals surface area (Å²) in [6.45, 7) is 0. The first-order valence-electron chi connectivity index (χ1n) is 17.3. The van der Waals surface area contributed by atoms with Gasteiger partial charge in [0.15, 0.2) is 17.5 Å². The minimum absolute atomic E-state index is 0.177. The maximum atomic E-state index is 5.07. The van der Waals surface area contributed by atoms with Crippen LogP contribution in [0.4, 0.5) is 0 Å². The maximum Gasteiger partial charge on any atom is 0.164 e. The van der Waals surface area contributed by atoms with Crippen molar-refractivity contribution in [1.29, 1.82) is 0 Å². The van der Waals surface area contributed by atoms with Crippen LogP contribution in [0.5, 0.6) is 0 Å². The van der Waals surface area contributed by atoms with Crippen molar-refractivity contribution in [2.24, 2.45) is 0 Å². The van der Waals surface area contributed by atoms with E-state index in [1.54, 1.807) is 0 Å². The normalized spacial score (nSPS) is 15.2. The van der Waals surface area contributed by atoms with Crippen LogP contribution >= 0.6 is 15.9 Å². The van der Waals surface area contributed by atoms with E-state index in [0.29, 0.717) is 17.5 Å². The molecule has 0 atom stereocenters. The first-order chi connectivity index (χ1) is 25.2. The van der Waals surface area contributed by atoms with Gasteiger partial charge in [0, 0.05) is 33.0 Å². The van der Waals surface area contributed by atoms with Crippen molar-refractivity contribution in [2.45, 2.75) is 11.8 Å². The summed E-state index contributed by atoms with van der Waals surface area (Å²) in [5.74, 6) is 2.33. The van der Waals surface area contributed by atoms with Gasteiger partial charge >= 0.3 is 0 Å². The average Bonchev–Trinajstić information content (AvgIpc) is 3.21. The predicted octanol–water partition coefficient (Wildman–Crippen LogP) is 12.0. The molecule has 0 aliphatic heterocycles. The second-order valence-corrected chi connectivity index (χ2v) is 14.1.